The molecule has 96 valence electrons. The molecule has 3 heteroatoms. The van der Waals surface area contributed by atoms with E-state index < -0.39 is 0 Å². The maximum Gasteiger partial charge on any atom is 0.113 e. The number of benzene rings is 2. The van der Waals surface area contributed by atoms with Crippen LogP contribution in [0.3, 0.4) is 0 Å². The summed E-state index contributed by atoms with van der Waals surface area (Å²) in [6, 6.07) is 15.9. The highest BCUT2D eigenvalue weighted by molar-refractivity contribution is 5.58. The molecule has 0 saturated heterocycles. The minimum Gasteiger partial charge on any atom is -0.220 e. The fraction of sp³-hybridized carbons (Fsp3) is 0.0588. The Bertz CT molecular complexity index is 759. The SMILES string of the molecule is C#Cc1ccc(-n2cc(-c3ccc(C)cc3)nn2)cc1. The molecule has 1 aromatic heterocycles. The summed E-state index contributed by atoms with van der Waals surface area (Å²) in [7, 11) is 0. The van der Waals surface area contributed by atoms with Crippen LogP contribution in [0.4, 0.5) is 0 Å². The van der Waals surface area contributed by atoms with E-state index in [1.54, 1.807) is 4.68 Å². The predicted molar refractivity (Wildman–Crippen MR) is 79.5 cm³/mol. The van der Waals surface area contributed by atoms with Crippen molar-refractivity contribution in [1.29, 1.82) is 0 Å². The fourth-order valence-electron chi connectivity index (χ4n) is 1.96. The summed E-state index contributed by atoms with van der Waals surface area (Å²) in [5, 5.41) is 8.36. The van der Waals surface area contributed by atoms with E-state index in [4.69, 9.17) is 6.42 Å². The topological polar surface area (TPSA) is 30.7 Å². The van der Waals surface area contributed by atoms with Gasteiger partial charge in [-0.1, -0.05) is 41.0 Å². The molecule has 0 atom stereocenters. The minimum atomic E-state index is 0.853. The van der Waals surface area contributed by atoms with E-state index in [0.29, 0.717) is 0 Å². The molecule has 0 aliphatic rings. The van der Waals surface area contributed by atoms with Gasteiger partial charge in [0.1, 0.15) is 5.69 Å². The van der Waals surface area contributed by atoms with Crippen molar-refractivity contribution in [3.05, 3.63) is 65.9 Å². The second kappa shape index (κ2) is 5.02. The molecular weight excluding hydrogens is 246 g/mol. The lowest BCUT2D eigenvalue weighted by atomic mass is 10.1. The first-order valence-electron chi connectivity index (χ1n) is 6.33. The predicted octanol–water partition coefficient (Wildman–Crippen LogP) is 3.22. The molecule has 0 spiro atoms. The Hall–Kier alpha value is -2.86. The highest BCUT2D eigenvalue weighted by atomic mass is 15.4. The zero-order valence-corrected chi connectivity index (χ0v) is 11.1. The lowest BCUT2D eigenvalue weighted by molar-refractivity contribution is 0.804. The van der Waals surface area contributed by atoms with Gasteiger partial charge in [-0.25, -0.2) is 4.68 Å². The van der Waals surface area contributed by atoms with Gasteiger partial charge in [-0.05, 0) is 31.2 Å². The fourth-order valence-corrected chi connectivity index (χ4v) is 1.96. The van der Waals surface area contributed by atoms with E-state index in [9.17, 15) is 0 Å². The second-order valence-electron chi connectivity index (χ2n) is 4.61. The van der Waals surface area contributed by atoms with E-state index in [1.165, 1.54) is 5.56 Å². The molecule has 0 radical (unpaired) electrons. The van der Waals surface area contributed by atoms with Crippen LogP contribution in [0.2, 0.25) is 0 Å². The number of nitrogens with zero attached hydrogens (tertiary/aromatic N) is 3. The van der Waals surface area contributed by atoms with Gasteiger partial charge in [-0.15, -0.1) is 11.5 Å². The molecule has 1 heterocycles. The van der Waals surface area contributed by atoms with Crippen molar-refractivity contribution in [3.8, 4) is 29.3 Å². The van der Waals surface area contributed by atoms with Crippen molar-refractivity contribution in [2.75, 3.05) is 0 Å². The average molecular weight is 259 g/mol. The maximum absolute atomic E-state index is 5.35. The van der Waals surface area contributed by atoms with Gasteiger partial charge in [0.15, 0.2) is 0 Å². The number of hydrogen-bond donors (Lipinski definition) is 0. The molecule has 0 bridgehead atoms. The standard InChI is InChI=1S/C17H13N3/c1-3-14-6-10-16(11-7-14)20-12-17(18-19-20)15-8-4-13(2)5-9-15/h1,4-12H,2H3. The summed E-state index contributed by atoms with van der Waals surface area (Å²) in [5.41, 5.74) is 4.93. The van der Waals surface area contributed by atoms with Crippen LogP contribution in [0.15, 0.2) is 54.7 Å². The molecule has 0 aliphatic carbocycles. The number of terminal acetylenes is 1. The van der Waals surface area contributed by atoms with Gasteiger partial charge >= 0.3 is 0 Å². The normalized spacial score (nSPS) is 10.2. The molecule has 20 heavy (non-hydrogen) atoms. The van der Waals surface area contributed by atoms with Crippen molar-refractivity contribution >= 4 is 0 Å². The quantitative estimate of drug-likeness (QED) is 0.661. The first kappa shape index (κ1) is 12.2. The lowest BCUT2D eigenvalue weighted by Gasteiger charge is -1.99. The van der Waals surface area contributed by atoms with Crippen LogP contribution in [-0.2, 0) is 0 Å². The Morgan fingerprint density at radius 1 is 1.00 bits per heavy atom. The van der Waals surface area contributed by atoms with E-state index >= 15 is 0 Å². The van der Waals surface area contributed by atoms with Crippen LogP contribution in [0, 0.1) is 19.3 Å². The molecule has 0 fully saturated rings. The molecule has 0 saturated carbocycles. The van der Waals surface area contributed by atoms with Gasteiger partial charge in [0.2, 0.25) is 0 Å². The zero-order chi connectivity index (χ0) is 13.9. The van der Waals surface area contributed by atoms with Crippen molar-refractivity contribution in [2.24, 2.45) is 0 Å². The molecule has 3 rings (SSSR count). The van der Waals surface area contributed by atoms with Gasteiger partial charge in [0, 0.05) is 11.1 Å². The van der Waals surface area contributed by atoms with E-state index in [1.807, 2.05) is 42.6 Å². The summed E-state index contributed by atoms with van der Waals surface area (Å²) in [4.78, 5) is 0. The van der Waals surface area contributed by atoms with Crippen LogP contribution in [0.5, 0.6) is 0 Å². The average Bonchev–Trinajstić information content (AvgIpc) is 2.98. The first-order valence-corrected chi connectivity index (χ1v) is 6.33. The molecular formula is C17H13N3. The van der Waals surface area contributed by atoms with Crippen LogP contribution in [-0.4, -0.2) is 15.0 Å². The van der Waals surface area contributed by atoms with Crippen molar-refractivity contribution in [2.45, 2.75) is 6.92 Å². The van der Waals surface area contributed by atoms with Crippen molar-refractivity contribution in [3.63, 3.8) is 0 Å². The molecule has 3 aromatic rings. The number of aryl methyl sites for hydroxylation is 1. The largest absolute Gasteiger partial charge is 0.220 e. The van der Waals surface area contributed by atoms with Gasteiger partial charge in [-0.2, -0.15) is 0 Å². The maximum atomic E-state index is 5.35. The molecule has 0 unspecified atom stereocenters. The van der Waals surface area contributed by atoms with E-state index in [-0.39, 0.29) is 0 Å². The van der Waals surface area contributed by atoms with Crippen LogP contribution >= 0.6 is 0 Å². The van der Waals surface area contributed by atoms with Crippen LogP contribution in [0.25, 0.3) is 16.9 Å². The Labute approximate surface area is 117 Å². The molecule has 2 aromatic carbocycles. The third-order valence-electron chi connectivity index (χ3n) is 3.14. The number of aromatic nitrogens is 3. The molecule has 0 amide bonds. The van der Waals surface area contributed by atoms with E-state index in [2.05, 4.69) is 35.3 Å². The van der Waals surface area contributed by atoms with E-state index in [0.717, 1.165) is 22.5 Å². The smallest absolute Gasteiger partial charge is 0.113 e. The zero-order valence-electron chi connectivity index (χ0n) is 11.1. The van der Waals surface area contributed by atoms with Crippen LogP contribution < -0.4 is 0 Å². The third kappa shape index (κ3) is 2.32. The second-order valence-corrected chi connectivity index (χ2v) is 4.61. The van der Waals surface area contributed by atoms with Crippen molar-refractivity contribution < 1.29 is 0 Å². The number of rotatable bonds is 2. The lowest BCUT2D eigenvalue weighted by Crippen LogP contribution is -1.94. The Morgan fingerprint density at radius 3 is 2.35 bits per heavy atom. The van der Waals surface area contributed by atoms with Gasteiger partial charge in [0.25, 0.3) is 0 Å². The van der Waals surface area contributed by atoms with Crippen molar-refractivity contribution in [1.82, 2.24) is 15.0 Å². The minimum absolute atomic E-state index is 0.853. The Morgan fingerprint density at radius 2 is 1.70 bits per heavy atom. The summed E-state index contributed by atoms with van der Waals surface area (Å²) in [6.07, 6.45) is 7.26. The monoisotopic (exact) mass is 259 g/mol. The first-order chi connectivity index (χ1) is 9.76. The van der Waals surface area contributed by atoms with Gasteiger partial charge in [-0.3, -0.25) is 0 Å². The summed E-state index contributed by atoms with van der Waals surface area (Å²) in [5.74, 6) is 2.60. The van der Waals surface area contributed by atoms with Crippen LogP contribution in [0.1, 0.15) is 11.1 Å². The van der Waals surface area contributed by atoms with Gasteiger partial charge in [0.05, 0.1) is 11.9 Å². The summed E-state index contributed by atoms with van der Waals surface area (Å²) < 4.78 is 1.75. The highest BCUT2D eigenvalue weighted by Gasteiger charge is 2.05. The third-order valence-corrected chi connectivity index (χ3v) is 3.14. The molecule has 0 N–H and O–H groups in total. The molecule has 0 aliphatic heterocycles. The Balaban J connectivity index is 1.93. The summed E-state index contributed by atoms with van der Waals surface area (Å²) in [6.45, 7) is 2.06. The number of hydrogen-bond acceptors (Lipinski definition) is 2. The Kier molecular flexibility index (Phi) is 3.06. The molecule has 3 nitrogen and oxygen atoms in total. The van der Waals surface area contributed by atoms with Gasteiger partial charge < -0.3 is 0 Å². The highest BCUT2D eigenvalue weighted by Crippen LogP contribution is 2.18. The summed E-state index contributed by atoms with van der Waals surface area (Å²) >= 11 is 0.